The number of anilines is 1. The molecule has 1 heterocycles. The maximum atomic E-state index is 11.9. The minimum Gasteiger partial charge on any atom is -0.364 e. The van der Waals surface area contributed by atoms with Crippen LogP contribution in [-0.2, 0) is 4.79 Å². The van der Waals surface area contributed by atoms with Crippen LogP contribution in [0.25, 0.3) is 10.9 Å². The number of rotatable bonds is 4. The average Bonchev–Trinajstić information content (AvgIpc) is 2.44. The zero-order chi connectivity index (χ0) is 15.4. The van der Waals surface area contributed by atoms with E-state index in [9.17, 15) is 10.1 Å². The zero-order valence-electron chi connectivity index (χ0n) is 12.4. The van der Waals surface area contributed by atoms with Crippen LogP contribution in [0.2, 0.25) is 0 Å². The summed E-state index contributed by atoms with van der Waals surface area (Å²) >= 11 is 0. The van der Waals surface area contributed by atoms with Gasteiger partial charge in [0.25, 0.3) is 0 Å². The molecule has 0 aliphatic rings. The van der Waals surface area contributed by atoms with Gasteiger partial charge in [0.05, 0.1) is 23.3 Å². The molecule has 5 heteroatoms. The highest BCUT2D eigenvalue weighted by Gasteiger charge is 2.15. The van der Waals surface area contributed by atoms with Crippen LogP contribution in [0.1, 0.15) is 19.4 Å². The van der Waals surface area contributed by atoms with Gasteiger partial charge in [-0.25, -0.2) is 0 Å². The molecule has 0 spiro atoms. The Kier molecular flexibility index (Phi) is 4.39. The van der Waals surface area contributed by atoms with Crippen LogP contribution < -0.4 is 10.2 Å². The quantitative estimate of drug-likeness (QED) is 0.932. The second-order valence-electron chi connectivity index (χ2n) is 5.23. The highest BCUT2D eigenvalue weighted by molar-refractivity contribution is 5.96. The fraction of sp³-hybridized carbons (Fsp3) is 0.312. The summed E-state index contributed by atoms with van der Waals surface area (Å²) < 4.78 is 0. The number of amides is 1. The van der Waals surface area contributed by atoms with Gasteiger partial charge in [0.2, 0.25) is 5.91 Å². The predicted octanol–water partition coefficient (Wildman–Crippen LogP) is 2.07. The molecule has 0 unspecified atom stereocenters. The lowest BCUT2D eigenvalue weighted by molar-refractivity contribution is -0.120. The smallest absolute Gasteiger partial charge is 0.239 e. The number of fused-ring (bicyclic) bond motifs is 1. The summed E-state index contributed by atoms with van der Waals surface area (Å²) in [4.78, 5) is 18.0. The monoisotopic (exact) mass is 282 g/mol. The number of pyridine rings is 1. The van der Waals surface area contributed by atoms with Crippen molar-refractivity contribution in [3.63, 3.8) is 0 Å². The molecule has 0 aliphatic heterocycles. The first kappa shape index (κ1) is 14.8. The number of carbonyl (C=O) groups is 1. The largest absolute Gasteiger partial charge is 0.364 e. The van der Waals surface area contributed by atoms with E-state index in [-0.39, 0.29) is 18.5 Å². The number of hydrogen-bond acceptors (Lipinski definition) is 4. The predicted molar refractivity (Wildman–Crippen MR) is 83.0 cm³/mol. The first-order chi connectivity index (χ1) is 10.0. The second-order valence-corrected chi connectivity index (χ2v) is 5.23. The fourth-order valence-corrected chi connectivity index (χ4v) is 2.28. The molecule has 0 radical (unpaired) electrons. The Morgan fingerprint density at radius 3 is 2.81 bits per heavy atom. The topological polar surface area (TPSA) is 69.0 Å². The summed E-state index contributed by atoms with van der Waals surface area (Å²) in [6, 6.07) is 9.84. The molecule has 108 valence electrons. The number of carbonyl (C=O) groups excluding carboxylic acids is 1. The lowest BCUT2D eigenvalue weighted by atomic mass is 10.1. The van der Waals surface area contributed by atoms with Crippen LogP contribution in [0, 0.1) is 11.3 Å². The molecule has 0 bridgehead atoms. The molecule has 2 aromatic rings. The van der Waals surface area contributed by atoms with Crippen molar-refractivity contribution in [2.45, 2.75) is 19.9 Å². The van der Waals surface area contributed by atoms with Crippen molar-refractivity contribution >= 4 is 22.5 Å². The highest BCUT2D eigenvalue weighted by atomic mass is 16.2. The average molecular weight is 282 g/mol. The number of nitrogens with zero attached hydrogens (tertiary/aromatic N) is 3. The van der Waals surface area contributed by atoms with Gasteiger partial charge in [0.1, 0.15) is 6.07 Å². The van der Waals surface area contributed by atoms with Gasteiger partial charge in [-0.05, 0) is 19.9 Å². The molecule has 2 rings (SSSR count). The van der Waals surface area contributed by atoms with Crippen LogP contribution in [0.15, 0.2) is 30.5 Å². The van der Waals surface area contributed by atoms with Crippen molar-refractivity contribution < 1.29 is 4.79 Å². The molecule has 1 aromatic heterocycles. The van der Waals surface area contributed by atoms with E-state index in [0.717, 1.165) is 16.6 Å². The number of likely N-dealkylation sites (N-methyl/N-ethyl adjacent to an activating group) is 1. The third kappa shape index (κ3) is 3.29. The Morgan fingerprint density at radius 1 is 1.43 bits per heavy atom. The molecule has 0 fully saturated rings. The van der Waals surface area contributed by atoms with Crippen molar-refractivity contribution in [2.24, 2.45) is 0 Å². The van der Waals surface area contributed by atoms with Crippen molar-refractivity contribution in [3.05, 3.63) is 36.0 Å². The standard InChI is InChI=1S/C16H18N4O/c1-11(2)19-15(21)10-20(3)16-12(8-17)9-18-14-7-5-4-6-13(14)16/h4-7,9,11H,10H2,1-3H3,(H,19,21). The second kappa shape index (κ2) is 6.23. The van der Waals surface area contributed by atoms with Gasteiger partial charge in [0, 0.05) is 24.7 Å². The molecule has 0 aliphatic carbocycles. The van der Waals surface area contributed by atoms with Gasteiger partial charge in [-0.15, -0.1) is 0 Å². The molecular weight excluding hydrogens is 264 g/mol. The molecule has 0 atom stereocenters. The maximum absolute atomic E-state index is 11.9. The third-order valence-electron chi connectivity index (χ3n) is 3.08. The third-order valence-corrected chi connectivity index (χ3v) is 3.08. The van der Waals surface area contributed by atoms with E-state index in [0.29, 0.717) is 5.56 Å². The van der Waals surface area contributed by atoms with Crippen molar-refractivity contribution in [2.75, 3.05) is 18.5 Å². The van der Waals surface area contributed by atoms with Crippen LogP contribution in [0.4, 0.5) is 5.69 Å². The van der Waals surface area contributed by atoms with Gasteiger partial charge >= 0.3 is 0 Å². The summed E-state index contributed by atoms with van der Waals surface area (Å²) in [5, 5.41) is 13.0. The maximum Gasteiger partial charge on any atom is 0.239 e. The van der Waals surface area contributed by atoms with Gasteiger partial charge in [-0.3, -0.25) is 9.78 Å². The van der Waals surface area contributed by atoms with E-state index in [2.05, 4.69) is 16.4 Å². The Bertz CT molecular complexity index is 703. The van der Waals surface area contributed by atoms with Crippen molar-refractivity contribution in [1.82, 2.24) is 10.3 Å². The number of para-hydroxylation sites is 1. The summed E-state index contributed by atoms with van der Waals surface area (Å²) in [6.07, 6.45) is 1.55. The van der Waals surface area contributed by atoms with Crippen LogP contribution in [-0.4, -0.2) is 30.5 Å². The van der Waals surface area contributed by atoms with Crippen LogP contribution >= 0.6 is 0 Å². The molecule has 1 amide bonds. The number of nitriles is 1. The molecule has 1 aromatic carbocycles. The van der Waals surface area contributed by atoms with Crippen molar-refractivity contribution in [1.29, 1.82) is 5.26 Å². The number of nitrogens with one attached hydrogen (secondary N) is 1. The molecule has 0 saturated carbocycles. The summed E-state index contributed by atoms with van der Waals surface area (Å²) in [5.41, 5.74) is 2.01. The molecule has 1 N–H and O–H groups in total. The Labute approximate surface area is 124 Å². The normalized spacial score (nSPS) is 10.4. The van der Waals surface area contributed by atoms with Crippen LogP contribution in [0.5, 0.6) is 0 Å². The molecular formula is C16H18N4O. The SMILES string of the molecule is CC(C)NC(=O)CN(C)c1c(C#N)cnc2ccccc12. The minimum atomic E-state index is -0.0720. The number of hydrogen-bond donors (Lipinski definition) is 1. The number of aromatic nitrogens is 1. The van der Waals surface area contributed by atoms with E-state index in [4.69, 9.17) is 0 Å². The summed E-state index contributed by atoms with van der Waals surface area (Å²) in [5.74, 6) is -0.0720. The van der Waals surface area contributed by atoms with E-state index in [1.54, 1.807) is 11.1 Å². The van der Waals surface area contributed by atoms with E-state index < -0.39 is 0 Å². The lowest BCUT2D eigenvalue weighted by Gasteiger charge is -2.22. The molecule has 5 nitrogen and oxygen atoms in total. The lowest BCUT2D eigenvalue weighted by Crippen LogP contribution is -2.38. The van der Waals surface area contributed by atoms with Crippen molar-refractivity contribution in [3.8, 4) is 6.07 Å². The van der Waals surface area contributed by atoms with Gasteiger partial charge in [-0.1, -0.05) is 18.2 Å². The Hall–Kier alpha value is -2.61. The highest BCUT2D eigenvalue weighted by Crippen LogP contribution is 2.28. The fourth-order valence-electron chi connectivity index (χ4n) is 2.28. The minimum absolute atomic E-state index is 0.0720. The Balaban J connectivity index is 2.40. The van der Waals surface area contributed by atoms with Gasteiger partial charge in [0.15, 0.2) is 0 Å². The van der Waals surface area contributed by atoms with Crippen LogP contribution in [0.3, 0.4) is 0 Å². The molecule has 21 heavy (non-hydrogen) atoms. The van der Waals surface area contributed by atoms with Gasteiger partial charge < -0.3 is 10.2 Å². The number of benzene rings is 1. The molecule has 0 saturated heterocycles. The van der Waals surface area contributed by atoms with E-state index >= 15 is 0 Å². The first-order valence-corrected chi connectivity index (χ1v) is 6.81. The van der Waals surface area contributed by atoms with E-state index in [1.807, 2.05) is 45.2 Å². The van der Waals surface area contributed by atoms with E-state index in [1.165, 1.54) is 0 Å². The Morgan fingerprint density at radius 2 is 2.14 bits per heavy atom. The first-order valence-electron chi connectivity index (χ1n) is 6.81. The zero-order valence-corrected chi connectivity index (χ0v) is 12.4. The van der Waals surface area contributed by atoms with Gasteiger partial charge in [-0.2, -0.15) is 5.26 Å². The summed E-state index contributed by atoms with van der Waals surface area (Å²) in [6.45, 7) is 4.03. The summed E-state index contributed by atoms with van der Waals surface area (Å²) in [7, 11) is 1.81.